The molecule has 0 unspecified atom stereocenters. The Morgan fingerprint density at radius 3 is 1.80 bits per heavy atom. The molecule has 6 bridgehead atoms. The van der Waals surface area contributed by atoms with E-state index in [0.717, 1.165) is 0 Å². The van der Waals surface area contributed by atoms with Crippen molar-refractivity contribution in [3.8, 4) is 23.0 Å². The summed E-state index contributed by atoms with van der Waals surface area (Å²) in [6, 6.07) is 10.5. The Morgan fingerprint density at radius 2 is 1.15 bits per heavy atom. The summed E-state index contributed by atoms with van der Waals surface area (Å²) in [7, 11) is 4.29. The van der Waals surface area contributed by atoms with E-state index >= 15 is 0 Å². The van der Waals surface area contributed by atoms with Gasteiger partial charge in [0, 0.05) is 40.4 Å². The molecule has 5 N–H and O–H groups in total. The van der Waals surface area contributed by atoms with Gasteiger partial charge in [-0.15, -0.1) is 0 Å². The molecule has 3 aromatic rings. The van der Waals surface area contributed by atoms with Crippen molar-refractivity contribution < 1.29 is 43.7 Å². The van der Waals surface area contributed by atoms with E-state index < -0.39 is 71.7 Å². The molecule has 0 aromatic heterocycles. The second-order valence-corrected chi connectivity index (χ2v) is 13.9. The number of nitrogens with one attached hydrogen (secondary N) is 3. The molecule has 3 aliphatic heterocycles. The zero-order valence-corrected chi connectivity index (χ0v) is 31.0. The van der Waals surface area contributed by atoms with Crippen LogP contribution in [0.2, 0.25) is 0 Å². The lowest BCUT2D eigenvalue weighted by molar-refractivity contribution is -0.149. The summed E-state index contributed by atoms with van der Waals surface area (Å²) in [4.78, 5) is 87.4. The highest BCUT2D eigenvalue weighted by molar-refractivity contribution is 5.98. The van der Waals surface area contributed by atoms with Gasteiger partial charge in [-0.25, -0.2) is 0 Å². The van der Waals surface area contributed by atoms with Crippen LogP contribution in [0.1, 0.15) is 37.5 Å². The van der Waals surface area contributed by atoms with Crippen LogP contribution in [0.4, 0.5) is 0 Å². The third-order valence-electron chi connectivity index (χ3n) is 9.95. The van der Waals surface area contributed by atoms with Crippen molar-refractivity contribution in [3.63, 3.8) is 0 Å². The van der Waals surface area contributed by atoms with Gasteiger partial charge in [0.05, 0.1) is 0 Å². The van der Waals surface area contributed by atoms with Crippen molar-refractivity contribution in [2.45, 2.75) is 76.3 Å². The lowest BCUT2D eigenvalue weighted by atomic mass is 9.98. The third-order valence-corrected chi connectivity index (χ3v) is 9.95. The van der Waals surface area contributed by atoms with E-state index in [1.54, 1.807) is 48.5 Å². The molecule has 0 radical (unpaired) electrons. The number of carbonyl (C=O) groups is 6. The van der Waals surface area contributed by atoms with Gasteiger partial charge in [0.2, 0.25) is 35.4 Å². The van der Waals surface area contributed by atoms with E-state index in [4.69, 9.17) is 4.74 Å². The van der Waals surface area contributed by atoms with Crippen LogP contribution in [0.15, 0.2) is 66.7 Å². The van der Waals surface area contributed by atoms with Gasteiger partial charge < -0.3 is 45.6 Å². The van der Waals surface area contributed by atoms with Crippen molar-refractivity contribution in [3.05, 3.63) is 83.4 Å². The van der Waals surface area contributed by atoms with Crippen molar-refractivity contribution in [2.75, 3.05) is 21.1 Å². The normalized spacial score (nSPS) is 24.9. The number of likely N-dealkylation sites (N-methyl/N-ethyl adjacent to an activating group) is 3. The average molecular weight is 743 g/mol. The molecule has 6 amide bonds. The van der Waals surface area contributed by atoms with E-state index in [-0.39, 0.29) is 36.5 Å². The summed E-state index contributed by atoms with van der Waals surface area (Å²) in [5.74, 6) is -3.41. The van der Waals surface area contributed by atoms with Crippen LogP contribution < -0.4 is 20.7 Å². The fourth-order valence-corrected chi connectivity index (χ4v) is 6.54. The van der Waals surface area contributed by atoms with Crippen molar-refractivity contribution in [1.29, 1.82) is 0 Å². The maximum absolute atomic E-state index is 14.6. The summed E-state index contributed by atoms with van der Waals surface area (Å²) >= 11 is 0. The third kappa shape index (κ3) is 8.73. The monoisotopic (exact) mass is 742 g/mol. The zero-order valence-electron chi connectivity index (χ0n) is 31.0. The first-order chi connectivity index (χ1) is 25.5. The number of carbonyl (C=O) groups excluding carboxylic acids is 6. The van der Waals surface area contributed by atoms with E-state index in [1.165, 1.54) is 74.8 Å². The average Bonchev–Trinajstić information content (AvgIpc) is 3.14. The molecule has 0 aliphatic carbocycles. The summed E-state index contributed by atoms with van der Waals surface area (Å²) in [6.45, 7) is 4.36. The minimum Gasteiger partial charge on any atom is -0.508 e. The standard InChI is InChI=1S/C39H46N6O9/c1-21-34(48)41-22(2)37(51)43(4)29(17-24-7-12-27(46)13-8-24)36(50)42-23(3)38(52)45(6)31-18-25-9-14-28(15-10-25)54-33-20-26(11-16-32(33)47)19-30(35(49)40-21)44(5)39(31)53/h7-16,20-23,29-31,46-47H,17-19H2,1-6H3,(H,40,49)(H,41,48)(H,42,50)/t21-,22+,23+,29+,30+,31+/m1/s1. The molecule has 1 fully saturated rings. The molecule has 6 atom stereocenters. The number of ether oxygens (including phenoxy) is 1. The lowest BCUT2D eigenvalue weighted by Gasteiger charge is -2.36. The van der Waals surface area contributed by atoms with Crippen LogP contribution in [0.5, 0.6) is 23.0 Å². The maximum atomic E-state index is 14.6. The molecule has 15 nitrogen and oxygen atoms in total. The van der Waals surface area contributed by atoms with Gasteiger partial charge in [0.1, 0.15) is 47.8 Å². The van der Waals surface area contributed by atoms with E-state index in [2.05, 4.69) is 16.0 Å². The van der Waals surface area contributed by atoms with Crippen LogP contribution in [-0.4, -0.2) is 118 Å². The van der Waals surface area contributed by atoms with Crippen molar-refractivity contribution in [2.24, 2.45) is 0 Å². The fourth-order valence-electron chi connectivity index (χ4n) is 6.54. The van der Waals surface area contributed by atoms with Gasteiger partial charge in [-0.1, -0.05) is 30.3 Å². The van der Waals surface area contributed by atoms with E-state index in [1.807, 2.05) is 0 Å². The molecule has 3 aromatic carbocycles. The molecule has 15 heteroatoms. The molecular formula is C39H46N6O9. The topological polar surface area (TPSA) is 198 Å². The Labute approximate surface area is 313 Å². The van der Waals surface area contributed by atoms with E-state index in [0.29, 0.717) is 22.4 Å². The van der Waals surface area contributed by atoms with Crippen molar-refractivity contribution in [1.82, 2.24) is 30.7 Å². The molecule has 0 spiro atoms. The van der Waals surface area contributed by atoms with E-state index in [9.17, 15) is 39.0 Å². The Hall–Kier alpha value is -6.12. The molecule has 286 valence electrons. The van der Waals surface area contributed by atoms with Gasteiger partial charge in [-0.3, -0.25) is 28.8 Å². The molecular weight excluding hydrogens is 696 g/mol. The summed E-state index contributed by atoms with van der Waals surface area (Å²) in [5.41, 5.74) is 1.79. The number of phenolic OH excluding ortho intramolecular Hbond substituents is 2. The summed E-state index contributed by atoms with van der Waals surface area (Å²) < 4.78 is 5.96. The summed E-state index contributed by atoms with van der Waals surface area (Å²) in [5, 5.41) is 28.3. The molecule has 3 aliphatic rings. The van der Waals surface area contributed by atoms with Crippen molar-refractivity contribution >= 4 is 35.4 Å². The second-order valence-electron chi connectivity index (χ2n) is 13.9. The fraction of sp³-hybridized carbons (Fsp3) is 0.385. The molecule has 1 saturated heterocycles. The number of amides is 6. The van der Waals surface area contributed by atoms with Gasteiger partial charge in [0.25, 0.3) is 0 Å². The number of nitrogens with zero attached hydrogens (tertiary/aromatic N) is 3. The van der Waals surface area contributed by atoms with Crippen LogP contribution in [-0.2, 0) is 48.0 Å². The predicted molar refractivity (Wildman–Crippen MR) is 196 cm³/mol. The van der Waals surface area contributed by atoms with Crippen LogP contribution >= 0.6 is 0 Å². The summed E-state index contributed by atoms with van der Waals surface area (Å²) in [6.07, 6.45) is -0.0298. The number of hydrogen-bond acceptors (Lipinski definition) is 9. The number of fused-ring (bicyclic) bond motifs is 2. The second kappa shape index (κ2) is 16.3. The maximum Gasteiger partial charge on any atom is 0.246 e. The van der Waals surface area contributed by atoms with Crippen LogP contribution in [0.25, 0.3) is 0 Å². The number of aromatic hydroxyl groups is 2. The molecule has 0 saturated carbocycles. The predicted octanol–water partition coefficient (Wildman–Crippen LogP) is 1.24. The Morgan fingerprint density at radius 1 is 0.611 bits per heavy atom. The lowest BCUT2D eigenvalue weighted by Crippen LogP contribution is -2.61. The van der Waals surface area contributed by atoms with Gasteiger partial charge in [0.15, 0.2) is 11.5 Å². The minimum atomic E-state index is -1.21. The number of phenols is 2. The first-order valence-corrected chi connectivity index (χ1v) is 17.6. The molecule has 3 heterocycles. The first-order valence-electron chi connectivity index (χ1n) is 17.6. The van der Waals surface area contributed by atoms with Gasteiger partial charge >= 0.3 is 0 Å². The quantitative estimate of drug-likeness (QED) is 0.257. The Bertz CT molecular complexity index is 1920. The Balaban J connectivity index is 1.58. The largest absolute Gasteiger partial charge is 0.508 e. The highest BCUT2D eigenvalue weighted by atomic mass is 16.5. The number of rotatable bonds is 2. The molecule has 54 heavy (non-hydrogen) atoms. The first kappa shape index (κ1) is 39.1. The number of benzene rings is 3. The van der Waals surface area contributed by atoms with Crippen LogP contribution in [0, 0.1) is 0 Å². The molecule has 6 rings (SSSR count). The highest BCUT2D eigenvalue weighted by Crippen LogP contribution is 2.33. The Kier molecular flexibility index (Phi) is 11.8. The van der Waals surface area contributed by atoms with Gasteiger partial charge in [-0.2, -0.15) is 0 Å². The zero-order chi connectivity index (χ0) is 39.4. The SMILES string of the molecule is C[C@@H]1NC(=O)[C@@H](C)NC(=O)[C@@H]2Cc3ccc(O)c(c3)Oc3ccc(cc3)C[C@@H](C(=O)N2C)N(C)C(=O)[C@H](C)NC(=O)[C@H](Cc2ccc(O)cc2)N(C)C1=O. The number of hydrogen-bond donors (Lipinski definition) is 5. The van der Waals surface area contributed by atoms with Gasteiger partial charge in [-0.05, 0) is 73.9 Å². The highest BCUT2D eigenvalue weighted by Gasteiger charge is 2.39. The minimum absolute atomic E-state index is 0.00770. The smallest absolute Gasteiger partial charge is 0.246 e. The van der Waals surface area contributed by atoms with Crippen LogP contribution in [0.3, 0.4) is 0 Å².